The normalized spacial score (nSPS) is 10.6. The Kier molecular flexibility index (Phi) is 5.15. The zero-order valence-electron chi connectivity index (χ0n) is 8.95. The number of halogens is 3. The number of thiophene rings is 1. The summed E-state index contributed by atoms with van der Waals surface area (Å²) < 4.78 is 0.955. The number of benzene rings is 1. The lowest BCUT2D eigenvalue weighted by atomic mass is 10.3. The molecule has 1 aromatic carbocycles. The second kappa shape index (κ2) is 6.44. The Morgan fingerprint density at radius 3 is 2.72 bits per heavy atom. The van der Waals surface area contributed by atoms with E-state index < -0.39 is 0 Å². The molecular formula is C12H7BrCl2OS2. The molecular weight excluding hydrogens is 375 g/mol. The predicted octanol–water partition coefficient (Wildman–Crippen LogP) is 5.79. The minimum absolute atomic E-state index is 0.0896. The molecule has 0 spiro atoms. The zero-order valence-corrected chi connectivity index (χ0v) is 13.7. The Labute approximate surface area is 132 Å². The van der Waals surface area contributed by atoms with E-state index in [1.54, 1.807) is 18.2 Å². The number of thioether (sulfide) groups is 1. The molecule has 0 amide bonds. The summed E-state index contributed by atoms with van der Waals surface area (Å²) in [4.78, 5) is 13.5. The molecule has 0 saturated heterocycles. The van der Waals surface area contributed by atoms with Crippen LogP contribution in [0.2, 0.25) is 10.0 Å². The van der Waals surface area contributed by atoms with Gasteiger partial charge in [0.1, 0.15) is 0 Å². The van der Waals surface area contributed by atoms with Crippen LogP contribution in [0.5, 0.6) is 0 Å². The van der Waals surface area contributed by atoms with Crippen molar-refractivity contribution in [3.05, 3.63) is 49.0 Å². The minimum atomic E-state index is 0.0896. The third-order valence-electron chi connectivity index (χ3n) is 2.10. The van der Waals surface area contributed by atoms with Gasteiger partial charge in [0.2, 0.25) is 0 Å². The molecule has 0 bridgehead atoms. The minimum Gasteiger partial charge on any atom is -0.292 e. The highest BCUT2D eigenvalue weighted by Crippen LogP contribution is 2.31. The molecule has 1 heterocycles. The Hall–Kier alpha value is -0.0000000000000000833. The van der Waals surface area contributed by atoms with Crippen molar-refractivity contribution in [3.8, 4) is 0 Å². The molecule has 0 N–H and O–H groups in total. The lowest BCUT2D eigenvalue weighted by molar-refractivity contribution is 0.102. The van der Waals surface area contributed by atoms with Crippen molar-refractivity contribution >= 4 is 68.0 Å². The number of carbonyl (C=O) groups is 1. The summed E-state index contributed by atoms with van der Waals surface area (Å²) in [6.45, 7) is 0. The molecule has 0 unspecified atom stereocenters. The summed E-state index contributed by atoms with van der Waals surface area (Å²) >= 11 is 18.1. The number of Topliss-reactive ketones (excluding diaryl/α,β-unsaturated/α-hetero) is 1. The number of rotatable bonds is 4. The van der Waals surface area contributed by atoms with E-state index in [1.807, 2.05) is 12.1 Å². The Morgan fingerprint density at radius 2 is 2.06 bits per heavy atom. The van der Waals surface area contributed by atoms with Crippen LogP contribution in [0.4, 0.5) is 0 Å². The number of hydrogen-bond donors (Lipinski definition) is 0. The molecule has 2 aromatic rings. The van der Waals surface area contributed by atoms with Crippen molar-refractivity contribution in [2.45, 2.75) is 4.90 Å². The molecule has 0 atom stereocenters. The Morgan fingerprint density at radius 1 is 1.28 bits per heavy atom. The molecule has 0 aliphatic heterocycles. The Bertz CT molecular complexity index is 583. The van der Waals surface area contributed by atoms with Crippen LogP contribution in [0.1, 0.15) is 9.67 Å². The van der Waals surface area contributed by atoms with E-state index in [4.69, 9.17) is 23.2 Å². The monoisotopic (exact) mass is 380 g/mol. The molecule has 1 nitrogen and oxygen atoms in total. The average Bonchev–Trinajstić information content (AvgIpc) is 2.77. The molecule has 94 valence electrons. The van der Waals surface area contributed by atoms with Gasteiger partial charge in [0, 0.05) is 9.92 Å². The van der Waals surface area contributed by atoms with E-state index in [0.717, 1.165) is 13.6 Å². The van der Waals surface area contributed by atoms with Crippen LogP contribution in [-0.4, -0.2) is 11.5 Å². The van der Waals surface area contributed by atoms with Crippen LogP contribution in [-0.2, 0) is 0 Å². The quantitative estimate of drug-likeness (QED) is 0.492. The number of hydrogen-bond acceptors (Lipinski definition) is 3. The lowest BCUT2D eigenvalue weighted by Crippen LogP contribution is -1.99. The highest BCUT2D eigenvalue weighted by Gasteiger charge is 2.10. The largest absolute Gasteiger partial charge is 0.292 e. The molecule has 0 radical (unpaired) electrons. The standard InChI is InChI=1S/C12H7BrCl2OS2/c13-12-4-3-10(18-12)9(16)6-17-11-5-7(14)1-2-8(11)15/h1-5H,6H2. The molecule has 2 rings (SSSR count). The molecule has 18 heavy (non-hydrogen) atoms. The van der Waals surface area contributed by atoms with Crippen LogP contribution >= 0.6 is 62.2 Å². The molecule has 1 aromatic heterocycles. The first kappa shape index (κ1) is 14.4. The van der Waals surface area contributed by atoms with E-state index in [0.29, 0.717) is 15.8 Å². The average molecular weight is 382 g/mol. The lowest BCUT2D eigenvalue weighted by Gasteiger charge is -2.03. The summed E-state index contributed by atoms with van der Waals surface area (Å²) in [6.07, 6.45) is 0. The fourth-order valence-corrected chi connectivity index (χ4v) is 4.06. The molecule has 0 saturated carbocycles. The van der Waals surface area contributed by atoms with Crippen molar-refractivity contribution in [1.29, 1.82) is 0 Å². The first-order valence-electron chi connectivity index (χ1n) is 4.92. The maximum atomic E-state index is 11.9. The van der Waals surface area contributed by atoms with Crippen molar-refractivity contribution in [2.24, 2.45) is 0 Å². The van der Waals surface area contributed by atoms with Gasteiger partial charge in [0.05, 0.1) is 19.4 Å². The van der Waals surface area contributed by atoms with Gasteiger partial charge in [-0.15, -0.1) is 23.1 Å². The van der Waals surface area contributed by atoms with Gasteiger partial charge in [-0.2, -0.15) is 0 Å². The summed E-state index contributed by atoms with van der Waals surface area (Å²) in [6, 6.07) is 8.92. The van der Waals surface area contributed by atoms with Gasteiger partial charge in [-0.1, -0.05) is 23.2 Å². The van der Waals surface area contributed by atoms with E-state index in [1.165, 1.54) is 23.1 Å². The topological polar surface area (TPSA) is 17.1 Å². The first-order valence-corrected chi connectivity index (χ1v) is 8.28. The fraction of sp³-hybridized carbons (Fsp3) is 0.0833. The van der Waals surface area contributed by atoms with Gasteiger partial charge in [-0.25, -0.2) is 0 Å². The van der Waals surface area contributed by atoms with Gasteiger partial charge in [-0.3, -0.25) is 4.79 Å². The van der Waals surface area contributed by atoms with E-state index in [9.17, 15) is 4.79 Å². The van der Waals surface area contributed by atoms with Crippen LogP contribution in [0.25, 0.3) is 0 Å². The van der Waals surface area contributed by atoms with Crippen LogP contribution < -0.4 is 0 Å². The van der Waals surface area contributed by atoms with Crippen LogP contribution in [0.3, 0.4) is 0 Å². The summed E-state index contributed by atoms with van der Waals surface area (Å²) in [5.41, 5.74) is 0. The maximum absolute atomic E-state index is 11.9. The second-order valence-corrected chi connectivity index (χ2v) is 7.71. The molecule has 6 heteroatoms. The summed E-state index contributed by atoms with van der Waals surface area (Å²) in [5.74, 6) is 0.444. The van der Waals surface area contributed by atoms with Gasteiger partial charge < -0.3 is 0 Å². The van der Waals surface area contributed by atoms with Crippen LogP contribution in [0.15, 0.2) is 39.0 Å². The van der Waals surface area contributed by atoms with Crippen molar-refractivity contribution in [1.82, 2.24) is 0 Å². The zero-order chi connectivity index (χ0) is 13.1. The second-order valence-electron chi connectivity index (χ2n) is 3.39. The number of ketones is 1. The first-order chi connectivity index (χ1) is 8.56. The number of carbonyl (C=O) groups excluding carboxylic acids is 1. The van der Waals surface area contributed by atoms with E-state index >= 15 is 0 Å². The molecule has 0 aliphatic carbocycles. The third-order valence-corrected chi connectivity index (χ3v) is 5.50. The van der Waals surface area contributed by atoms with Crippen molar-refractivity contribution in [3.63, 3.8) is 0 Å². The SMILES string of the molecule is O=C(CSc1cc(Cl)ccc1Cl)c1ccc(Br)s1. The Balaban J connectivity index is 2.03. The van der Waals surface area contributed by atoms with Gasteiger partial charge >= 0.3 is 0 Å². The van der Waals surface area contributed by atoms with Crippen LogP contribution in [0, 0.1) is 0 Å². The fourth-order valence-electron chi connectivity index (χ4n) is 1.27. The molecule has 0 fully saturated rings. The van der Waals surface area contributed by atoms with E-state index in [-0.39, 0.29) is 5.78 Å². The third kappa shape index (κ3) is 3.75. The predicted molar refractivity (Wildman–Crippen MR) is 83.5 cm³/mol. The highest BCUT2D eigenvalue weighted by molar-refractivity contribution is 9.11. The van der Waals surface area contributed by atoms with Gasteiger partial charge in [0.15, 0.2) is 5.78 Å². The van der Waals surface area contributed by atoms with E-state index in [2.05, 4.69) is 15.9 Å². The smallest absolute Gasteiger partial charge is 0.183 e. The summed E-state index contributed by atoms with van der Waals surface area (Å²) in [5, 5.41) is 1.23. The van der Waals surface area contributed by atoms with Crippen molar-refractivity contribution < 1.29 is 4.79 Å². The van der Waals surface area contributed by atoms with Gasteiger partial charge in [0.25, 0.3) is 0 Å². The highest BCUT2D eigenvalue weighted by atomic mass is 79.9. The molecule has 0 aliphatic rings. The maximum Gasteiger partial charge on any atom is 0.183 e. The van der Waals surface area contributed by atoms with Crippen molar-refractivity contribution in [2.75, 3.05) is 5.75 Å². The summed E-state index contributed by atoms with van der Waals surface area (Å²) in [7, 11) is 0. The van der Waals surface area contributed by atoms with Gasteiger partial charge in [-0.05, 0) is 46.3 Å².